The first-order valence-electron chi connectivity index (χ1n) is 15.1. The van der Waals surface area contributed by atoms with Gasteiger partial charge in [0.1, 0.15) is 0 Å². The molecule has 6 N–H and O–H groups in total. The number of hydrogen-bond acceptors (Lipinski definition) is 6. The molecule has 0 fully saturated rings. The molecule has 0 unspecified atom stereocenters. The van der Waals surface area contributed by atoms with Gasteiger partial charge in [0.05, 0.1) is 0 Å². The maximum atomic E-state index is 13.0. The van der Waals surface area contributed by atoms with Crippen LogP contribution in [0.2, 0.25) is 0 Å². The van der Waals surface area contributed by atoms with Crippen molar-refractivity contribution in [2.75, 3.05) is 36.9 Å². The van der Waals surface area contributed by atoms with Crippen LogP contribution >= 0.6 is 0 Å². The standard InChI is InChI=1S/C34H42N4O6/c39-20-7-3-1-5-18-35-31(41)27-14-10-16-29(23-27)37-33(43)25-12-9-13-26(22-25)34(44)38-30-17-11-15-28(24-30)32(42)36-19-6-2-4-8-21-40/h9-17,22-24,39-40H,1-8,18-21H2,(H,35,41)(H,36,42)(H,37,43)(H,38,44). The Bertz CT molecular complexity index is 1290. The molecule has 0 atom stereocenters. The number of rotatable bonds is 18. The van der Waals surface area contributed by atoms with Gasteiger partial charge in [-0.3, -0.25) is 19.2 Å². The highest BCUT2D eigenvalue weighted by atomic mass is 16.3. The van der Waals surface area contributed by atoms with Gasteiger partial charge >= 0.3 is 0 Å². The van der Waals surface area contributed by atoms with Crippen LogP contribution < -0.4 is 21.3 Å². The molecule has 0 aliphatic rings. The lowest BCUT2D eigenvalue weighted by Crippen LogP contribution is -2.24. The predicted octanol–water partition coefficient (Wildman–Crippen LogP) is 4.76. The molecular formula is C34H42N4O6. The summed E-state index contributed by atoms with van der Waals surface area (Å²) >= 11 is 0. The second-order valence-electron chi connectivity index (χ2n) is 10.4. The Hall–Kier alpha value is -4.54. The summed E-state index contributed by atoms with van der Waals surface area (Å²) in [5.74, 6) is -1.34. The van der Waals surface area contributed by atoms with E-state index in [2.05, 4.69) is 21.3 Å². The van der Waals surface area contributed by atoms with Gasteiger partial charge in [0.2, 0.25) is 0 Å². The van der Waals surface area contributed by atoms with Gasteiger partial charge in [-0.15, -0.1) is 0 Å². The van der Waals surface area contributed by atoms with Crippen molar-refractivity contribution in [3.63, 3.8) is 0 Å². The van der Waals surface area contributed by atoms with Gasteiger partial charge in [-0.25, -0.2) is 0 Å². The van der Waals surface area contributed by atoms with Crippen LogP contribution in [0.25, 0.3) is 0 Å². The molecule has 3 aromatic rings. The van der Waals surface area contributed by atoms with Gasteiger partial charge < -0.3 is 31.5 Å². The van der Waals surface area contributed by atoms with Crippen molar-refractivity contribution in [2.45, 2.75) is 51.4 Å². The monoisotopic (exact) mass is 602 g/mol. The summed E-state index contributed by atoms with van der Waals surface area (Å²) in [4.78, 5) is 51.0. The number of amides is 4. The molecule has 0 aromatic heterocycles. The number of nitrogens with one attached hydrogen (secondary N) is 4. The minimum atomic E-state index is -0.434. The second-order valence-corrected chi connectivity index (χ2v) is 10.4. The third kappa shape index (κ3) is 11.6. The Labute approximate surface area is 258 Å². The summed E-state index contributed by atoms with van der Waals surface area (Å²) in [7, 11) is 0. The molecule has 4 amide bonds. The first-order valence-corrected chi connectivity index (χ1v) is 15.1. The minimum Gasteiger partial charge on any atom is -0.396 e. The zero-order valence-corrected chi connectivity index (χ0v) is 24.9. The molecule has 0 aliphatic heterocycles. The Morgan fingerprint density at radius 1 is 0.455 bits per heavy atom. The average Bonchev–Trinajstić information content (AvgIpc) is 3.04. The van der Waals surface area contributed by atoms with Crippen molar-refractivity contribution in [3.05, 3.63) is 95.1 Å². The van der Waals surface area contributed by atoms with E-state index in [9.17, 15) is 19.2 Å². The molecule has 3 rings (SSSR count). The molecule has 10 nitrogen and oxygen atoms in total. The van der Waals surface area contributed by atoms with Crippen molar-refractivity contribution < 1.29 is 29.4 Å². The Kier molecular flexibility index (Phi) is 14.6. The maximum absolute atomic E-state index is 13.0. The molecule has 0 bridgehead atoms. The molecule has 0 aliphatic carbocycles. The van der Waals surface area contributed by atoms with Crippen molar-refractivity contribution in [2.24, 2.45) is 0 Å². The van der Waals surface area contributed by atoms with Gasteiger partial charge in [-0.1, -0.05) is 43.9 Å². The predicted molar refractivity (Wildman–Crippen MR) is 171 cm³/mol. The van der Waals surface area contributed by atoms with Gasteiger partial charge in [0.25, 0.3) is 23.6 Å². The van der Waals surface area contributed by atoms with Crippen LogP contribution in [0.15, 0.2) is 72.8 Å². The molecule has 44 heavy (non-hydrogen) atoms. The van der Waals surface area contributed by atoms with Crippen molar-refractivity contribution >= 4 is 35.0 Å². The van der Waals surface area contributed by atoms with Gasteiger partial charge in [0, 0.05) is 59.9 Å². The molecule has 0 saturated carbocycles. The number of aliphatic hydroxyl groups is 2. The Morgan fingerprint density at radius 2 is 0.818 bits per heavy atom. The molecule has 0 radical (unpaired) electrons. The van der Waals surface area contributed by atoms with E-state index in [4.69, 9.17) is 10.2 Å². The zero-order chi connectivity index (χ0) is 31.6. The highest BCUT2D eigenvalue weighted by molar-refractivity contribution is 6.09. The van der Waals surface area contributed by atoms with E-state index in [1.54, 1.807) is 66.7 Å². The van der Waals surface area contributed by atoms with E-state index in [0.717, 1.165) is 51.4 Å². The van der Waals surface area contributed by atoms with E-state index in [-0.39, 0.29) is 36.2 Å². The molecule has 0 heterocycles. The largest absolute Gasteiger partial charge is 0.396 e. The lowest BCUT2D eigenvalue weighted by Gasteiger charge is -2.10. The first kappa shape index (κ1) is 34.0. The number of benzene rings is 3. The van der Waals surface area contributed by atoms with Crippen molar-refractivity contribution in [3.8, 4) is 0 Å². The molecular weight excluding hydrogens is 560 g/mol. The van der Waals surface area contributed by atoms with Crippen LogP contribution in [-0.2, 0) is 0 Å². The van der Waals surface area contributed by atoms with Crippen molar-refractivity contribution in [1.82, 2.24) is 10.6 Å². The zero-order valence-electron chi connectivity index (χ0n) is 24.9. The average molecular weight is 603 g/mol. The van der Waals surface area contributed by atoms with Gasteiger partial charge in [-0.2, -0.15) is 0 Å². The maximum Gasteiger partial charge on any atom is 0.255 e. The normalized spacial score (nSPS) is 10.6. The van der Waals surface area contributed by atoms with Crippen LogP contribution in [0, 0.1) is 0 Å². The highest BCUT2D eigenvalue weighted by Crippen LogP contribution is 2.16. The van der Waals surface area contributed by atoms with Crippen LogP contribution in [0.5, 0.6) is 0 Å². The number of unbranched alkanes of at least 4 members (excludes halogenated alkanes) is 6. The van der Waals surface area contributed by atoms with E-state index < -0.39 is 11.8 Å². The van der Waals surface area contributed by atoms with Gasteiger partial charge in [0.15, 0.2) is 0 Å². The van der Waals surface area contributed by atoms with Crippen LogP contribution in [-0.4, -0.2) is 60.1 Å². The number of anilines is 2. The highest BCUT2D eigenvalue weighted by Gasteiger charge is 2.14. The van der Waals surface area contributed by atoms with Crippen LogP contribution in [0.4, 0.5) is 11.4 Å². The van der Waals surface area contributed by atoms with E-state index >= 15 is 0 Å². The van der Waals surface area contributed by atoms with Crippen molar-refractivity contribution in [1.29, 1.82) is 0 Å². The second kappa shape index (κ2) is 18.9. The van der Waals surface area contributed by atoms with Crippen LogP contribution in [0.3, 0.4) is 0 Å². The molecule has 0 saturated heterocycles. The lowest BCUT2D eigenvalue weighted by molar-refractivity contribution is 0.0944. The third-order valence-electron chi connectivity index (χ3n) is 6.89. The fraction of sp³-hybridized carbons (Fsp3) is 0.353. The van der Waals surface area contributed by atoms with E-state index in [0.29, 0.717) is 35.6 Å². The number of carbonyl (C=O) groups is 4. The topological polar surface area (TPSA) is 157 Å². The summed E-state index contributed by atoms with van der Waals surface area (Å²) in [6, 6.07) is 19.5. The summed E-state index contributed by atoms with van der Waals surface area (Å²) < 4.78 is 0. The number of carbonyl (C=O) groups excluding carboxylic acids is 4. The fourth-order valence-electron chi connectivity index (χ4n) is 4.47. The first-order chi connectivity index (χ1) is 21.4. The Balaban J connectivity index is 1.54. The number of hydrogen-bond donors (Lipinski definition) is 6. The summed E-state index contributed by atoms with van der Waals surface area (Å²) in [6.45, 7) is 1.40. The SMILES string of the molecule is O=C(NCCCCCCO)c1cccc(NC(=O)c2cccc(C(=O)Nc3cccc(C(=O)NCCCCCCO)c3)c2)c1. The van der Waals surface area contributed by atoms with E-state index in [1.807, 2.05) is 0 Å². The van der Waals surface area contributed by atoms with E-state index in [1.165, 1.54) is 6.07 Å². The fourth-order valence-corrected chi connectivity index (χ4v) is 4.47. The number of aliphatic hydroxyl groups excluding tert-OH is 2. The quantitative estimate of drug-likeness (QED) is 0.115. The lowest BCUT2D eigenvalue weighted by atomic mass is 10.1. The molecule has 10 heteroatoms. The summed E-state index contributed by atoms with van der Waals surface area (Å²) in [6.07, 6.45) is 6.82. The summed E-state index contributed by atoms with van der Waals surface area (Å²) in [5.41, 5.74) is 2.26. The third-order valence-corrected chi connectivity index (χ3v) is 6.89. The van der Waals surface area contributed by atoms with Gasteiger partial charge in [-0.05, 0) is 80.3 Å². The Morgan fingerprint density at radius 3 is 1.23 bits per heavy atom. The van der Waals surface area contributed by atoms with Crippen LogP contribution in [0.1, 0.15) is 92.8 Å². The smallest absolute Gasteiger partial charge is 0.255 e. The summed E-state index contributed by atoms with van der Waals surface area (Å²) in [5, 5.41) is 29.0. The molecule has 3 aromatic carbocycles. The minimum absolute atomic E-state index is 0.174. The molecule has 234 valence electrons. The molecule has 0 spiro atoms.